The third kappa shape index (κ3) is 2.66. The number of likely N-dealkylation sites (N-methyl/N-ethyl adjacent to an activating group) is 1. The summed E-state index contributed by atoms with van der Waals surface area (Å²) in [6.07, 6.45) is 2.54. The maximum absolute atomic E-state index is 11.9. The molecule has 5 nitrogen and oxygen atoms in total. The lowest BCUT2D eigenvalue weighted by Gasteiger charge is -2.34. The molecule has 1 atom stereocenters. The number of carbonyl (C=O) groups excluding carboxylic acids is 2. The molecular weight excluding hydrogens is 232 g/mol. The summed E-state index contributed by atoms with van der Waals surface area (Å²) in [5.41, 5.74) is 0. The van der Waals surface area contributed by atoms with Gasteiger partial charge in [-0.15, -0.1) is 0 Å². The van der Waals surface area contributed by atoms with Crippen molar-refractivity contribution in [3.05, 3.63) is 0 Å². The maximum Gasteiger partial charge on any atom is 0.309 e. The van der Waals surface area contributed by atoms with E-state index in [1.54, 1.807) is 4.90 Å². The van der Waals surface area contributed by atoms with Gasteiger partial charge in [0.05, 0.1) is 18.6 Å². The van der Waals surface area contributed by atoms with Crippen LogP contribution in [0.1, 0.15) is 26.2 Å². The first-order valence-electron chi connectivity index (χ1n) is 6.79. The van der Waals surface area contributed by atoms with E-state index < -0.39 is 0 Å². The Bertz CT molecular complexity index is 324. The van der Waals surface area contributed by atoms with E-state index in [-0.39, 0.29) is 23.8 Å². The number of carbonyl (C=O) groups is 2. The molecule has 102 valence electrons. The van der Waals surface area contributed by atoms with Crippen LogP contribution in [0, 0.1) is 5.92 Å². The average molecular weight is 254 g/mol. The third-order valence-electron chi connectivity index (χ3n) is 3.99. The van der Waals surface area contributed by atoms with Crippen molar-refractivity contribution in [2.45, 2.75) is 32.2 Å². The Morgan fingerprint density at radius 3 is 2.44 bits per heavy atom. The second-order valence-electron chi connectivity index (χ2n) is 5.13. The van der Waals surface area contributed by atoms with Crippen molar-refractivity contribution in [3.63, 3.8) is 0 Å². The van der Waals surface area contributed by atoms with Crippen LogP contribution in [0.15, 0.2) is 0 Å². The van der Waals surface area contributed by atoms with Gasteiger partial charge >= 0.3 is 5.97 Å². The van der Waals surface area contributed by atoms with Crippen LogP contribution in [0.25, 0.3) is 0 Å². The van der Waals surface area contributed by atoms with Gasteiger partial charge in [-0.25, -0.2) is 0 Å². The number of rotatable bonds is 3. The molecular formula is C13H22N2O3. The summed E-state index contributed by atoms with van der Waals surface area (Å²) >= 11 is 0. The highest BCUT2D eigenvalue weighted by Gasteiger charge is 2.36. The van der Waals surface area contributed by atoms with Crippen LogP contribution in [-0.2, 0) is 14.3 Å². The van der Waals surface area contributed by atoms with Crippen LogP contribution in [0.3, 0.4) is 0 Å². The van der Waals surface area contributed by atoms with E-state index in [1.807, 2.05) is 14.0 Å². The predicted molar refractivity (Wildman–Crippen MR) is 67.0 cm³/mol. The van der Waals surface area contributed by atoms with Crippen LogP contribution in [0.2, 0.25) is 0 Å². The van der Waals surface area contributed by atoms with Gasteiger partial charge in [0.2, 0.25) is 5.91 Å². The molecule has 0 aromatic heterocycles. The Morgan fingerprint density at radius 2 is 1.94 bits per heavy atom. The summed E-state index contributed by atoms with van der Waals surface area (Å²) in [6.45, 7) is 4.79. The monoisotopic (exact) mass is 254 g/mol. The zero-order valence-corrected chi connectivity index (χ0v) is 11.2. The molecule has 2 aliphatic heterocycles. The van der Waals surface area contributed by atoms with Crippen LogP contribution in [-0.4, -0.2) is 61.0 Å². The SMILES string of the molecule is CCOC(=O)C1CCN(C2CCN(C)C2=O)CC1. The third-order valence-corrected chi connectivity index (χ3v) is 3.99. The molecule has 0 aromatic rings. The van der Waals surface area contributed by atoms with E-state index in [0.29, 0.717) is 6.61 Å². The topological polar surface area (TPSA) is 49.9 Å². The molecule has 2 aliphatic rings. The van der Waals surface area contributed by atoms with Gasteiger partial charge in [-0.2, -0.15) is 0 Å². The van der Waals surface area contributed by atoms with Gasteiger partial charge in [0.25, 0.3) is 0 Å². The lowest BCUT2D eigenvalue weighted by atomic mass is 9.95. The Kier molecular flexibility index (Phi) is 4.22. The molecule has 0 bridgehead atoms. The molecule has 18 heavy (non-hydrogen) atoms. The van der Waals surface area contributed by atoms with Crippen molar-refractivity contribution in [2.75, 3.05) is 33.3 Å². The Hall–Kier alpha value is -1.10. The molecule has 0 N–H and O–H groups in total. The minimum Gasteiger partial charge on any atom is -0.466 e. The highest BCUT2D eigenvalue weighted by molar-refractivity contribution is 5.83. The Balaban J connectivity index is 1.83. The highest BCUT2D eigenvalue weighted by atomic mass is 16.5. The van der Waals surface area contributed by atoms with Crippen molar-refractivity contribution in [2.24, 2.45) is 5.92 Å². The van der Waals surface area contributed by atoms with Crippen molar-refractivity contribution in [3.8, 4) is 0 Å². The molecule has 2 fully saturated rings. The largest absolute Gasteiger partial charge is 0.466 e. The average Bonchev–Trinajstić information content (AvgIpc) is 2.71. The van der Waals surface area contributed by atoms with E-state index in [4.69, 9.17) is 4.74 Å². The maximum atomic E-state index is 11.9. The fourth-order valence-corrected chi connectivity index (χ4v) is 2.85. The van der Waals surface area contributed by atoms with Crippen molar-refractivity contribution >= 4 is 11.9 Å². The number of ether oxygens (including phenoxy) is 1. The van der Waals surface area contributed by atoms with Crippen molar-refractivity contribution in [1.29, 1.82) is 0 Å². The molecule has 1 unspecified atom stereocenters. The molecule has 0 saturated carbocycles. The highest BCUT2D eigenvalue weighted by Crippen LogP contribution is 2.24. The van der Waals surface area contributed by atoms with E-state index in [0.717, 1.165) is 38.9 Å². The summed E-state index contributed by atoms with van der Waals surface area (Å²) in [7, 11) is 1.85. The smallest absolute Gasteiger partial charge is 0.309 e. The number of nitrogens with zero attached hydrogens (tertiary/aromatic N) is 2. The lowest BCUT2D eigenvalue weighted by Crippen LogP contribution is -2.46. The fourth-order valence-electron chi connectivity index (χ4n) is 2.85. The second kappa shape index (κ2) is 5.69. The number of hydrogen-bond acceptors (Lipinski definition) is 4. The van der Waals surface area contributed by atoms with Crippen molar-refractivity contribution < 1.29 is 14.3 Å². The molecule has 0 aliphatic carbocycles. The van der Waals surface area contributed by atoms with Gasteiger partial charge in [-0.05, 0) is 39.3 Å². The molecule has 5 heteroatoms. The first kappa shape index (κ1) is 13.3. The minimum absolute atomic E-state index is 0.0236. The van der Waals surface area contributed by atoms with Gasteiger partial charge < -0.3 is 9.64 Å². The first-order valence-corrected chi connectivity index (χ1v) is 6.79. The van der Waals surface area contributed by atoms with Crippen LogP contribution in [0.4, 0.5) is 0 Å². The summed E-state index contributed by atoms with van der Waals surface area (Å²) in [5, 5.41) is 0. The number of likely N-dealkylation sites (tertiary alicyclic amines) is 2. The van der Waals surface area contributed by atoms with Crippen LogP contribution < -0.4 is 0 Å². The summed E-state index contributed by atoms with van der Waals surface area (Å²) in [4.78, 5) is 27.6. The Morgan fingerprint density at radius 1 is 1.28 bits per heavy atom. The molecule has 2 saturated heterocycles. The number of hydrogen-bond donors (Lipinski definition) is 0. The minimum atomic E-state index is -0.0768. The van der Waals surface area contributed by atoms with Gasteiger partial charge in [-0.1, -0.05) is 0 Å². The van der Waals surface area contributed by atoms with Gasteiger partial charge in [0, 0.05) is 13.6 Å². The fraction of sp³-hybridized carbons (Fsp3) is 0.846. The molecule has 2 heterocycles. The van der Waals surface area contributed by atoms with E-state index in [9.17, 15) is 9.59 Å². The lowest BCUT2D eigenvalue weighted by molar-refractivity contribution is -0.149. The van der Waals surface area contributed by atoms with E-state index in [2.05, 4.69) is 4.90 Å². The van der Waals surface area contributed by atoms with Gasteiger partial charge in [0.15, 0.2) is 0 Å². The molecule has 2 rings (SSSR count). The van der Waals surface area contributed by atoms with Crippen LogP contribution >= 0.6 is 0 Å². The summed E-state index contributed by atoms with van der Waals surface area (Å²) in [6, 6.07) is 0.0399. The summed E-state index contributed by atoms with van der Waals surface area (Å²) < 4.78 is 5.05. The zero-order chi connectivity index (χ0) is 13.1. The molecule has 0 radical (unpaired) electrons. The quantitative estimate of drug-likeness (QED) is 0.688. The Labute approximate surface area is 108 Å². The standard InChI is InChI=1S/C13H22N2O3/c1-3-18-13(17)10-4-8-15(9-5-10)11-6-7-14(2)12(11)16/h10-11H,3-9H2,1-2H3. The van der Waals surface area contributed by atoms with Gasteiger partial charge in [-0.3, -0.25) is 14.5 Å². The van der Waals surface area contributed by atoms with E-state index in [1.165, 1.54) is 0 Å². The normalized spacial score (nSPS) is 26.7. The molecule has 0 spiro atoms. The van der Waals surface area contributed by atoms with Gasteiger partial charge in [0.1, 0.15) is 0 Å². The van der Waals surface area contributed by atoms with E-state index >= 15 is 0 Å². The number of esters is 1. The number of amides is 1. The number of piperidine rings is 1. The second-order valence-corrected chi connectivity index (χ2v) is 5.13. The zero-order valence-electron chi connectivity index (χ0n) is 11.2. The van der Waals surface area contributed by atoms with Crippen molar-refractivity contribution in [1.82, 2.24) is 9.80 Å². The molecule has 0 aromatic carbocycles. The first-order chi connectivity index (χ1) is 8.63. The van der Waals surface area contributed by atoms with Crippen LogP contribution in [0.5, 0.6) is 0 Å². The predicted octanol–water partition coefficient (Wildman–Crippen LogP) is 0.492. The summed E-state index contributed by atoms with van der Waals surface area (Å²) in [5.74, 6) is 0.173. The molecule has 1 amide bonds.